The first-order valence-electron chi connectivity index (χ1n) is 10.3. The smallest absolute Gasteiger partial charge is 0.334 e. The first-order valence-corrected chi connectivity index (χ1v) is 12.6. The van der Waals surface area contributed by atoms with Gasteiger partial charge in [0, 0.05) is 18.8 Å². The molecule has 13 heteroatoms. The van der Waals surface area contributed by atoms with Crippen LogP contribution in [-0.4, -0.2) is 45.7 Å². The second-order valence-corrected chi connectivity index (χ2v) is 10.00. The molecule has 0 amide bonds. The van der Waals surface area contributed by atoms with Crippen LogP contribution in [0.25, 0.3) is 10.2 Å². The number of anilines is 4. The van der Waals surface area contributed by atoms with Crippen molar-refractivity contribution in [3.05, 3.63) is 65.0 Å². The van der Waals surface area contributed by atoms with Gasteiger partial charge in [0.05, 0.1) is 20.0 Å². The van der Waals surface area contributed by atoms with Crippen LogP contribution in [0.15, 0.2) is 59.8 Å². The summed E-state index contributed by atoms with van der Waals surface area (Å²) in [5.74, 6) is -0.0507. The van der Waals surface area contributed by atoms with Crippen LogP contribution in [0, 0.1) is 10.1 Å². The Labute approximate surface area is 199 Å². The molecule has 0 atom stereocenters. The summed E-state index contributed by atoms with van der Waals surface area (Å²) in [6, 6.07) is 13.5. The van der Waals surface area contributed by atoms with Crippen LogP contribution in [0.1, 0.15) is 13.8 Å². The molecular formula is C21H21N7O4S2. The lowest BCUT2D eigenvalue weighted by molar-refractivity contribution is -0.383. The summed E-state index contributed by atoms with van der Waals surface area (Å²) in [6.45, 7) is 4.25. The van der Waals surface area contributed by atoms with Crippen molar-refractivity contribution in [3.63, 3.8) is 0 Å². The van der Waals surface area contributed by atoms with Gasteiger partial charge in [0.25, 0.3) is 0 Å². The maximum atomic E-state index is 12.7. The van der Waals surface area contributed by atoms with Gasteiger partial charge >= 0.3 is 5.69 Å². The molecule has 2 aromatic carbocycles. The largest absolute Gasteiger partial charge is 0.353 e. The highest BCUT2D eigenvalue weighted by Crippen LogP contribution is 2.35. The average molecular weight is 500 g/mol. The van der Waals surface area contributed by atoms with E-state index in [1.807, 2.05) is 24.3 Å². The maximum Gasteiger partial charge on any atom is 0.353 e. The third-order valence-electron chi connectivity index (χ3n) is 4.98. The molecule has 0 aliphatic heterocycles. The molecule has 4 aromatic rings. The molecule has 4 rings (SSSR count). The maximum absolute atomic E-state index is 12.7. The highest BCUT2D eigenvalue weighted by molar-refractivity contribution is 7.89. The van der Waals surface area contributed by atoms with E-state index in [0.717, 1.165) is 10.2 Å². The number of hydrogen-bond donors (Lipinski definition) is 2. The molecule has 0 saturated carbocycles. The summed E-state index contributed by atoms with van der Waals surface area (Å²) in [5, 5.41) is 18.1. The van der Waals surface area contributed by atoms with E-state index in [4.69, 9.17) is 0 Å². The molecule has 0 fully saturated rings. The molecule has 176 valence electrons. The number of nitro groups is 1. The lowest BCUT2D eigenvalue weighted by Crippen LogP contribution is -2.30. The van der Waals surface area contributed by atoms with Gasteiger partial charge in [-0.05, 0) is 36.4 Å². The van der Waals surface area contributed by atoms with E-state index in [0.29, 0.717) is 23.9 Å². The number of aromatic nitrogens is 3. The molecule has 11 nitrogen and oxygen atoms in total. The topological polar surface area (TPSA) is 143 Å². The minimum absolute atomic E-state index is 0.0118. The minimum atomic E-state index is -3.61. The quantitative estimate of drug-likeness (QED) is 0.251. The number of sulfonamides is 1. The number of para-hydroxylation sites is 1. The van der Waals surface area contributed by atoms with E-state index in [2.05, 4.69) is 25.6 Å². The second kappa shape index (κ2) is 9.67. The average Bonchev–Trinajstić information content (AvgIpc) is 3.22. The Bertz CT molecular complexity index is 1400. The number of benzene rings is 2. The summed E-state index contributed by atoms with van der Waals surface area (Å²) < 4.78 is 27.6. The van der Waals surface area contributed by atoms with Crippen LogP contribution in [0.2, 0.25) is 0 Å². The molecule has 0 bridgehead atoms. The fourth-order valence-electron chi connectivity index (χ4n) is 3.32. The summed E-state index contributed by atoms with van der Waals surface area (Å²) in [6.07, 6.45) is 1.20. The molecular weight excluding hydrogens is 478 g/mol. The number of nitrogens with zero attached hydrogens (tertiary/aromatic N) is 5. The van der Waals surface area contributed by atoms with Crippen molar-refractivity contribution in [2.75, 3.05) is 23.7 Å². The summed E-state index contributed by atoms with van der Waals surface area (Å²) in [5.41, 5.74) is 0.845. The first-order chi connectivity index (χ1) is 16.3. The third kappa shape index (κ3) is 4.66. The van der Waals surface area contributed by atoms with E-state index < -0.39 is 14.9 Å². The Morgan fingerprint density at radius 1 is 1.00 bits per heavy atom. The van der Waals surface area contributed by atoms with Gasteiger partial charge < -0.3 is 10.6 Å². The van der Waals surface area contributed by atoms with E-state index in [1.54, 1.807) is 13.8 Å². The van der Waals surface area contributed by atoms with Crippen molar-refractivity contribution in [2.45, 2.75) is 18.7 Å². The number of rotatable bonds is 9. The summed E-state index contributed by atoms with van der Waals surface area (Å²) >= 11 is 1.35. The van der Waals surface area contributed by atoms with Crippen molar-refractivity contribution in [3.8, 4) is 0 Å². The second-order valence-electron chi connectivity index (χ2n) is 7.03. The molecule has 34 heavy (non-hydrogen) atoms. The number of hydrogen-bond acceptors (Lipinski definition) is 10. The molecule has 0 aliphatic carbocycles. The Balaban J connectivity index is 1.62. The van der Waals surface area contributed by atoms with E-state index in [9.17, 15) is 18.5 Å². The highest BCUT2D eigenvalue weighted by Gasteiger charge is 2.25. The fraction of sp³-hybridized carbons (Fsp3) is 0.190. The first kappa shape index (κ1) is 23.5. The van der Waals surface area contributed by atoms with Gasteiger partial charge in [-0.15, -0.1) is 0 Å². The Hall–Kier alpha value is -3.68. The molecule has 2 aromatic heterocycles. The lowest BCUT2D eigenvalue weighted by atomic mass is 10.3. The van der Waals surface area contributed by atoms with E-state index >= 15 is 0 Å². The van der Waals surface area contributed by atoms with Crippen LogP contribution in [-0.2, 0) is 10.0 Å². The van der Waals surface area contributed by atoms with Crippen molar-refractivity contribution in [2.24, 2.45) is 0 Å². The standard InChI is InChI=1S/C21H21N7O4S2/c1-3-27(4-2)34(31,32)15-11-9-14(10-12-15)24-19-18(28(29)30)20(23-13-22-19)26-21-25-16-7-5-6-8-17(16)33-21/h5-13H,3-4H2,1-2H3,(H2,22,23,24,25,26). The van der Waals surface area contributed by atoms with Gasteiger partial charge in [-0.1, -0.05) is 37.3 Å². The highest BCUT2D eigenvalue weighted by atomic mass is 32.2. The van der Waals surface area contributed by atoms with Gasteiger partial charge in [-0.25, -0.2) is 23.4 Å². The van der Waals surface area contributed by atoms with Crippen LogP contribution in [0.3, 0.4) is 0 Å². The Morgan fingerprint density at radius 3 is 2.26 bits per heavy atom. The van der Waals surface area contributed by atoms with Gasteiger partial charge in [-0.3, -0.25) is 10.1 Å². The number of fused-ring (bicyclic) bond motifs is 1. The fourth-order valence-corrected chi connectivity index (χ4v) is 5.64. The predicted molar refractivity (Wildman–Crippen MR) is 131 cm³/mol. The van der Waals surface area contributed by atoms with Crippen LogP contribution in [0.4, 0.5) is 28.1 Å². The van der Waals surface area contributed by atoms with Crippen LogP contribution >= 0.6 is 11.3 Å². The minimum Gasteiger partial charge on any atom is -0.334 e. The summed E-state index contributed by atoms with van der Waals surface area (Å²) in [7, 11) is -3.61. The third-order valence-corrected chi connectivity index (χ3v) is 8.00. The Morgan fingerprint density at radius 2 is 1.65 bits per heavy atom. The van der Waals surface area contributed by atoms with Gasteiger partial charge in [-0.2, -0.15) is 4.31 Å². The van der Waals surface area contributed by atoms with Crippen molar-refractivity contribution in [1.82, 2.24) is 19.3 Å². The zero-order valence-electron chi connectivity index (χ0n) is 18.3. The number of thiazole rings is 1. The van der Waals surface area contributed by atoms with Crippen LogP contribution in [0.5, 0.6) is 0 Å². The van der Waals surface area contributed by atoms with Gasteiger partial charge in [0.2, 0.25) is 21.7 Å². The zero-order valence-corrected chi connectivity index (χ0v) is 19.9. The Kier molecular flexibility index (Phi) is 6.68. The van der Waals surface area contributed by atoms with E-state index in [1.165, 1.54) is 46.2 Å². The van der Waals surface area contributed by atoms with Gasteiger partial charge in [0.1, 0.15) is 6.33 Å². The molecule has 2 heterocycles. The normalized spacial score (nSPS) is 11.6. The lowest BCUT2D eigenvalue weighted by Gasteiger charge is -2.18. The van der Waals surface area contributed by atoms with Crippen LogP contribution < -0.4 is 10.6 Å². The molecule has 0 radical (unpaired) electrons. The predicted octanol–water partition coefficient (Wildman–Crippen LogP) is 4.51. The summed E-state index contributed by atoms with van der Waals surface area (Å²) in [4.78, 5) is 23.9. The number of nitrogens with one attached hydrogen (secondary N) is 2. The zero-order chi connectivity index (χ0) is 24.3. The van der Waals surface area contributed by atoms with Crippen molar-refractivity contribution >= 4 is 59.7 Å². The molecule has 0 spiro atoms. The van der Waals surface area contributed by atoms with Gasteiger partial charge in [0.15, 0.2) is 5.13 Å². The monoisotopic (exact) mass is 499 g/mol. The molecule has 0 unspecified atom stereocenters. The van der Waals surface area contributed by atoms with Crippen molar-refractivity contribution in [1.29, 1.82) is 0 Å². The van der Waals surface area contributed by atoms with Crippen molar-refractivity contribution < 1.29 is 13.3 Å². The SMILES string of the molecule is CCN(CC)S(=O)(=O)c1ccc(Nc2ncnc(Nc3nc4ccccc4s3)c2[N+](=O)[O-])cc1. The molecule has 2 N–H and O–H groups in total. The molecule has 0 saturated heterocycles. The van der Waals surface area contributed by atoms with E-state index in [-0.39, 0.29) is 22.2 Å². The molecule has 0 aliphatic rings.